The lowest BCUT2D eigenvalue weighted by molar-refractivity contribution is -0.122. The van der Waals surface area contributed by atoms with E-state index in [0.29, 0.717) is 21.3 Å². The fourth-order valence-electron chi connectivity index (χ4n) is 2.41. The van der Waals surface area contributed by atoms with Crippen molar-refractivity contribution < 1.29 is 17.4 Å². The van der Waals surface area contributed by atoms with Crippen molar-refractivity contribution in [2.75, 3.05) is 6.26 Å². The Kier molecular flexibility index (Phi) is 6.05. The molecule has 9 heteroatoms. The van der Waals surface area contributed by atoms with Crippen LogP contribution in [0, 0.1) is 0 Å². The Morgan fingerprint density at radius 1 is 1.22 bits per heavy atom. The molecule has 2 aromatic carbocycles. The molecule has 1 fully saturated rings. The average Bonchev–Trinajstić information content (AvgIpc) is 2.85. The summed E-state index contributed by atoms with van der Waals surface area (Å²) in [6, 6.07) is 14.4. The largest absolute Gasteiger partial charge is 0.382 e. The molecular formula is C18H14BrNO4S3. The number of hydrogen-bond acceptors (Lipinski definition) is 6. The number of halogens is 1. The topological polar surface area (TPSA) is 63.7 Å². The van der Waals surface area contributed by atoms with Gasteiger partial charge in [-0.1, -0.05) is 70.2 Å². The van der Waals surface area contributed by atoms with Gasteiger partial charge in [-0.05, 0) is 29.8 Å². The van der Waals surface area contributed by atoms with E-state index in [0.717, 1.165) is 16.3 Å². The molecule has 140 valence electrons. The van der Waals surface area contributed by atoms with Gasteiger partial charge in [0.15, 0.2) is 0 Å². The van der Waals surface area contributed by atoms with Crippen LogP contribution in [0.5, 0.6) is 5.75 Å². The van der Waals surface area contributed by atoms with Crippen LogP contribution in [0.4, 0.5) is 0 Å². The highest BCUT2D eigenvalue weighted by molar-refractivity contribution is 9.10. The molecule has 1 amide bonds. The van der Waals surface area contributed by atoms with Gasteiger partial charge in [0.2, 0.25) is 0 Å². The molecule has 1 heterocycles. The second kappa shape index (κ2) is 8.14. The third-order valence-corrected chi connectivity index (χ3v) is 5.91. The molecule has 3 rings (SSSR count). The third kappa shape index (κ3) is 5.19. The molecule has 0 saturated carbocycles. The summed E-state index contributed by atoms with van der Waals surface area (Å²) in [6.07, 6.45) is 2.56. The van der Waals surface area contributed by atoms with Crippen LogP contribution in [0.15, 0.2) is 57.9 Å². The Labute approximate surface area is 175 Å². The Morgan fingerprint density at radius 2 is 1.93 bits per heavy atom. The number of hydrogen-bond donors (Lipinski definition) is 0. The monoisotopic (exact) mass is 483 g/mol. The molecule has 0 aliphatic carbocycles. The van der Waals surface area contributed by atoms with Crippen LogP contribution in [0.2, 0.25) is 0 Å². The van der Waals surface area contributed by atoms with Crippen molar-refractivity contribution in [2.24, 2.45) is 0 Å². The molecule has 1 aliphatic rings. The zero-order chi connectivity index (χ0) is 19.6. The molecule has 1 saturated heterocycles. The van der Waals surface area contributed by atoms with Crippen LogP contribution in [0.3, 0.4) is 0 Å². The van der Waals surface area contributed by atoms with E-state index < -0.39 is 10.1 Å². The van der Waals surface area contributed by atoms with Gasteiger partial charge in [-0.2, -0.15) is 8.42 Å². The van der Waals surface area contributed by atoms with Gasteiger partial charge in [-0.3, -0.25) is 9.69 Å². The second-order valence-corrected chi connectivity index (χ2v) is 9.89. The summed E-state index contributed by atoms with van der Waals surface area (Å²) >= 11 is 9.87. The quantitative estimate of drug-likeness (QED) is 0.360. The van der Waals surface area contributed by atoms with Crippen LogP contribution < -0.4 is 4.18 Å². The highest BCUT2D eigenvalue weighted by atomic mass is 79.9. The molecule has 0 N–H and O–H groups in total. The first-order valence-corrected chi connectivity index (χ1v) is 11.5. The first-order valence-electron chi connectivity index (χ1n) is 7.71. The lowest BCUT2D eigenvalue weighted by atomic mass is 10.2. The molecular weight excluding hydrogens is 470 g/mol. The van der Waals surface area contributed by atoms with Crippen LogP contribution >= 0.6 is 39.9 Å². The smallest absolute Gasteiger partial charge is 0.306 e. The molecule has 1 aliphatic heterocycles. The predicted octanol–water partition coefficient (Wildman–Crippen LogP) is 4.19. The van der Waals surface area contributed by atoms with Crippen molar-refractivity contribution in [1.82, 2.24) is 4.90 Å². The maximum atomic E-state index is 12.8. The predicted molar refractivity (Wildman–Crippen MR) is 115 cm³/mol. The van der Waals surface area contributed by atoms with Gasteiger partial charge in [0.25, 0.3) is 5.91 Å². The van der Waals surface area contributed by atoms with Crippen LogP contribution in [-0.2, 0) is 21.5 Å². The van der Waals surface area contributed by atoms with Crippen molar-refractivity contribution in [3.05, 3.63) is 69.0 Å². The van der Waals surface area contributed by atoms with Crippen LogP contribution in [0.25, 0.3) is 6.08 Å². The summed E-state index contributed by atoms with van der Waals surface area (Å²) < 4.78 is 29.2. The molecule has 0 aromatic heterocycles. The second-order valence-electron chi connectivity index (χ2n) is 5.72. The molecule has 2 aromatic rings. The number of nitrogens with zero attached hydrogens (tertiary/aromatic N) is 1. The molecule has 0 unspecified atom stereocenters. The first-order chi connectivity index (χ1) is 12.7. The first kappa shape index (κ1) is 20.1. The van der Waals surface area contributed by atoms with Gasteiger partial charge in [-0.15, -0.1) is 0 Å². The SMILES string of the molecule is CS(=O)(=O)Oc1ccc(Br)cc1/C=C1/SC(=S)N(Cc2ccccc2)C1=O. The summed E-state index contributed by atoms with van der Waals surface area (Å²) in [5.74, 6) is -0.0758. The van der Waals surface area contributed by atoms with Crippen molar-refractivity contribution in [3.63, 3.8) is 0 Å². The van der Waals surface area contributed by atoms with Crippen LogP contribution in [-0.4, -0.2) is 29.8 Å². The van der Waals surface area contributed by atoms with Gasteiger partial charge in [0.1, 0.15) is 10.1 Å². The number of carbonyl (C=O) groups is 1. The maximum absolute atomic E-state index is 12.8. The van der Waals surface area contributed by atoms with Gasteiger partial charge < -0.3 is 4.18 Å². The van der Waals surface area contributed by atoms with Crippen molar-refractivity contribution in [1.29, 1.82) is 0 Å². The van der Waals surface area contributed by atoms with E-state index in [2.05, 4.69) is 15.9 Å². The number of rotatable bonds is 5. The molecule has 27 heavy (non-hydrogen) atoms. The number of thiocarbonyl (C=S) groups is 1. The highest BCUT2D eigenvalue weighted by Crippen LogP contribution is 2.36. The standard InChI is InChI=1S/C18H14BrNO4S3/c1-27(22,23)24-15-8-7-14(19)9-13(15)10-16-17(21)20(18(25)26-16)11-12-5-3-2-4-6-12/h2-10H,11H2,1H3/b16-10+. The number of carbonyl (C=O) groups excluding carboxylic acids is 1. The number of amides is 1. The lowest BCUT2D eigenvalue weighted by Gasteiger charge is -2.14. The normalized spacial score (nSPS) is 16.2. The van der Waals surface area contributed by atoms with E-state index in [9.17, 15) is 13.2 Å². The summed E-state index contributed by atoms with van der Waals surface area (Å²) in [5, 5.41) is 0. The number of thioether (sulfide) groups is 1. The summed E-state index contributed by atoms with van der Waals surface area (Å²) in [7, 11) is -3.69. The van der Waals surface area contributed by atoms with Gasteiger partial charge in [-0.25, -0.2) is 0 Å². The Bertz CT molecular complexity index is 1040. The lowest BCUT2D eigenvalue weighted by Crippen LogP contribution is -2.27. The Balaban J connectivity index is 1.91. The molecule has 0 atom stereocenters. The van der Waals surface area contributed by atoms with Gasteiger partial charge in [0, 0.05) is 10.0 Å². The van der Waals surface area contributed by atoms with E-state index in [1.54, 1.807) is 18.2 Å². The summed E-state index contributed by atoms with van der Waals surface area (Å²) in [6.45, 7) is 0.383. The minimum Gasteiger partial charge on any atom is -0.382 e. The third-order valence-electron chi connectivity index (χ3n) is 3.56. The fraction of sp³-hybridized carbons (Fsp3) is 0.111. The van der Waals surface area contributed by atoms with E-state index in [1.807, 2.05) is 30.3 Å². The minimum absolute atomic E-state index is 0.147. The van der Waals surface area contributed by atoms with E-state index >= 15 is 0 Å². The van der Waals surface area contributed by atoms with Crippen molar-refractivity contribution >= 4 is 66.3 Å². The van der Waals surface area contributed by atoms with Crippen molar-refractivity contribution in [3.8, 4) is 5.75 Å². The van der Waals surface area contributed by atoms with Gasteiger partial charge in [0.05, 0.1) is 17.7 Å². The molecule has 0 spiro atoms. The molecule has 0 radical (unpaired) electrons. The molecule has 5 nitrogen and oxygen atoms in total. The Hall–Kier alpha value is -1.68. The maximum Gasteiger partial charge on any atom is 0.306 e. The van der Waals surface area contributed by atoms with E-state index in [1.165, 1.54) is 22.7 Å². The van der Waals surface area contributed by atoms with Crippen molar-refractivity contribution in [2.45, 2.75) is 6.54 Å². The van der Waals surface area contributed by atoms with E-state index in [4.69, 9.17) is 16.4 Å². The number of benzene rings is 2. The zero-order valence-corrected chi connectivity index (χ0v) is 18.1. The fourth-order valence-corrected chi connectivity index (χ4v) is 4.52. The zero-order valence-electron chi connectivity index (χ0n) is 14.1. The van der Waals surface area contributed by atoms with Gasteiger partial charge >= 0.3 is 10.1 Å². The van der Waals surface area contributed by atoms with Crippen LogP contribution in [0.1, 0.15) is 11.1 Å². The minimum atomic E-state index is -3.69. The summed E-state index contributed by atoms with van der Waals surface area (Å²) in [5.41, 5.74) is 1.44. The highest BCUT2D eigenvalue weighted by Gasteiger charge is 2.32. The van der Waals surface area contributed by atoms with E-state index in [-0.39, 0.29) is 11.7 Å². The Morgan fingerprint density at radius 3 is 2.59 bits per heavy atom. The molecule has 0 bridgehead atoms. The average molecular weight is 484 g/mol. The summed E-state index contributed by atoms with van der Waals surface area (Å²) in [4.78, 5) is 14.7.